The minimum absolute atomic E-state index is 0.0356. The largest absolute Gasteiger partial charge is 0.481 e. The molecular formula is C28H39N3O3. The van der Waals surface area contributed by atoms with Gasteiger partial charge in [0.2, 0.25) is 0 Å². The van der Waals surface area contributed by atoms with E-state index in [0.29, 0.717) is 13.1 Å². The second-order valence-corrected chi connectivity index (χ2v) is 10.2. The zero-order valence-corrected chi connectivity index (χ0v) is 21.0. The Hall–Kier alpha value is -2.86. The number of hydrogen-bond acceptors (Lipinski definition) is 3. The molecule has 1 heterocycles. The van der Waals surface area contributed by atoms with E-state index in [1.165, 1.54) is 5.56 Å². The highest BCUT2D eigenvalue weighted by Crippen LogP contribution is 2.27. The van der Waals surface area contributed by atoms with Crippen LogP contribution in [0.25, 0.3) is 0 Å². The summed E-state index contributed by atoms with van der Waals surface area (Å²) in [5.74, 6) is -0.517. The number of carbonyl (C=O) groups is 2. The Labute approximate surface area is 204 Å². The van der Waals surface area contributed by atoms with Gasteiger partial charge in [-0.05, 0) is 47.6 Å². The van der Waals surface area contributed by atoms with Gasteiger partial charge in [0.05, 0.1) is 6.04 Å². The molecule has 1 aromatic rings. The molecule has 0 bridgehead atoms. The van der Waals surface area contributed by atoms with Crippen molar-refractivity contribution in [3.05, 3.63) is 65.8 Å². The van der Waals surface area contributed by atoms with Gasteiger partial charge < -0.3 is 15.3 Å². The van der Waals surface area contributed by atoms with Crippen LogP contribution in [0.1, 0.15) is 52.5 Å². The molecule has 3 rings (SSSR count). The summed E-state index contributed by atoms with van der Waals surface area (Å²) >= 11 is 0. The van der Waals surface area contributed by atoms with Crippen LogP contribution in [0.4, 0.5) is 10.5 Å². The first-order valence-corrected chi connectivity index (χ1v) is 12.4. The number of nitrogens with one attached hydrogen (secondary N) is 1. The number of anilines is 1. The third-order valence-corrected chi connectivity index (χ3v) is 6.67. The van der Waals surface area contributed by atoms with Gasteiger partial charge in [-0.15, -0.1) is 0 Å². The van der Waals surface area contributed by atoms with E-state index >= 15 is 0 Å². The van der Waals surface area contributed by atoms with Crippen molar-refractivity contribution in [2.75, 3.05) is 31.1 Å². The topological polar surface area (TPSA) is 72.9 Å². The zero-order valence-electron chi connectivity index (χ0n) is 21.0. The van der Waals surface area contributed by atoms with Gasteiger partial charge in [-0.1, -0.05) is 76.6 Å². The Bertz CT molecular complexity index is 941. The van der Waals surface area contributed by atoms with Crippen molar-refractivity contribution in [3.8, 4) is 0 Å². The molecule has 2 atom stereocenters. The van der Waals surface area contributed by atoms with E-state index in [1.807, 2.05) is 34.9 Å². The number of urea groups is 1. The van der Waals surface area contributed by atoms with Gasteiger partial charge in [-0.3, -0.25) is 9.69 Å². The van der Waals surface area contributed by atoms with Crippen molar-refractivity contribution in [2.45, 2.75) is 58.4 Å². The number of hydrogen-bond donors (Lipinski definition) is 2. The molecule has 6 heteroatoms. The maximum absolute atomic E-state index is 13.2. The van der Waals surface area contributed by atoms with E-state index in [0.717, 1.165) is 37.2 Å². The Kier molecular flexibility index (Phi) is 8.72. The maximum atomic E-state index is 13.2. The highest BCUT2D eigenvalue weighted by Gasteiger charge is 2.33. The molecule has 34 heavy (non-hydrogen) atoms. The highest BCUT2D eigenvalue weighted by molar-refractivity contribution is 5.94. The maximum Gasteiger partial charge on any atom is 0.325 e. The van der Waals surface area contributed by atoms with Gasteiger partial charge in [0.25, 0.3) is 0 Å². The molecule has 1 aromatic carbocycles. The van der Waals surface area contributed by atoms with Crippen molar-refractivity contribution >= 4 is 17.7 Å². The Morgan fingerprint density at radius 2 is 1.91 bits per heavy atom. The summed E-state index contributed by atoms with van der Waals surface area (Å²) in [7, 11) is 0. The molecule has 6 nitrogen and oxygen atoms in total. The lowest BCUT2D eigenvalue weighted by Crippen LogP contribution is -2.37. The van der Waals surface area contributed by atoms with Gasteiger partial charge in [-0.25, -0.2) is 4.79 Å². The average molecular weight is 466 g/mol. The first kappa shape index (κ1) is 25.8. The van der Waals surface area contributed by atoms with Crippen LogP contribution in [0.2, 0.25) is 0 Å². The molecule has 2 N–H and O–H groups in total. The molecule has 0 radical (unpaired) electrons. The van der Waals surface area contributed by atoms with Crippen LogP contribution in [0.3, 0.4) is 0 Å². The number of nitrogens with zero attached hydrogens (tertiary/aromatic N) is 2. The summed E-state index contributed by atoms with van der Waals surface area (Å²) in [6, 6.07) is 8.29. The summed E-state index contributed by atoms with van der Waals surface area (Å²) in [4.78, 5) is 27.9. The fraction of sp³-hybridized carbons (Fsp3) is 0.500. The van der Waals surface area contributed by atoms with E-state index in [2.05, 4.69) is 62.5 Å². The molecule has 2 aliphatic rings. The third-order valence-electron chi connectivity index (χ3n) is 6.67. The SMILES string of the molecule is CCC(CCNCC1=CC=CC(N2CCN(c3ccc(C(C)(C)C)cc3)C2=O)C=C1)CC(=O)O. The molecular weight excluding hydrogens is 426 g/mol. The van der Waals surface area contributed by atoms with Crippen LogP contribution in [0, 0.1) is 5.92 Å². The van der Waals surface area contributed by atoms with Crippen molar-refractivity contribution in [1.29, 1.82) is 0 Å². The number of allylic oxidation sites excluding steroid dienone is 2. The molecule has 1 aliphatic carbocycles. The predicted molar refractivity (Wildman–Crippen MR) is 138 cm³/mol. The number of benzene rings is 1. The highest BCUT2D eigenvalue weighted by atomic mass is 16.4. The van der Waals surface area contributed by atoms with E-state index in [4.69, 9.17) is 5.11 Å². The Morgan fingerprint density at radius 1 is 1.18 bits per heavy atom. The van der Waals surface area contributed by atoms with Crippen LogP contribution in [-0.2, 0) is 10.2 Å². The van der Waals surface area contributed by atoms with Gasteiger partial charge in [0.15, 0.2) is 0 Å². The average Bonchev–Trinajstić information content (AvgIpc) is 3.01. The zero-order chi connectivity index (χ0) is 24.7. The van der Waals surface area contributed by atoms with Crippen molar-refractivity contribution in [1.82, 2.24) is 10.2 Å². The van der Waals surface area contributed by atoms with Crippen LogP contribution in [-0.4, -0.2) is 54.2 Å². The van der Waals surface area contributed by atoms with E-state index in [9.17, 15) is 9.59 Å². The summed E-state index contributed by atoms with van der Waals surface area (Å²) in [6.45, 7) is 11.5. The standard InChI is InChI=1S/C28H39N3O3/c1-5-21(19-26(32)33)15-16-29-20-22-7-6-8-24(12-9-22)30-17-18-31(27(30)34)25-13-10-23(11-14-25)28(2,3)4/h6-14,21,24,29H,5,15-20H2,1-4H3,(H,32,33). The summed E-state index contributed by atoms with van der Waals surface area (Å²) in [5.41, 5.74) is 3.43. The minimum Gasteiger partial charge on any atom is -0.481 e. The van der Waals surface area contributed by atoms with E-state index < -0.39 is 5.97 Å². The van der Waals surface area contributed by atoms with Crippen molar-refractivity contribution < 1.29 is 14.7 Å². The Morgan fingerprint density at radius 3 is 2.56 bits per heavy atom. The fourth-order valence-electron chi connectivity index (χ4n) is 4.41. The minimum atomic E-state index is -0.727. The van der Waals surface area contributed by atoms with Crippen LogP contribution in [0.5, 0.6) is 0 Å². The molecule has 0 aromatic heterocycles. The summed E-state index contributed by atoms with van der Waals surface area (Å²) in [6.07, 6.45) is 12.3. The molecule has 0 saturated carbocycles. The number of carboxylic acids is 1. The van der Waals surface area contributed by atoms with Gasteiger partial charge in [-0.2, -0.15) is 0 Å². The van der Waals surface area contributed by atoms with Gasteiger partial charge >= 0.3 is 12.0 Å². The van der Waals surface area contributed by atoms with Gasteiger partial charge in [0.1, 0.15) is 0 Å². The molecule has 1 fully saturated rings. The first-order valence-electron chi connectivity index (χ1n) is 12.4. The molecule has 2 unspecified atom stereocenters. The normalized spacial score (nSPS) is 19.4. The van der Waals surface area contributed by atoms with Crippen molar-refractivity contribution in [3.63, 3.8) is 0 Å². The molecule has 2 amide bonds. The van der Waals surface area contributed by atoms with Crippen LogP contribution < -0.4 is 10.2 Å². The van der Waals surface area contributed by atoms with Crippen LogP contribution >= 0.6 is 0 Å². The number of rotatable bonds is 10. The van der Waals surface area contributed by atoms with E-state index in [1.54, 1.807) is 0 Å². The lowest BCUT2D eigenvalue weighted by Gasteiger charge is -2.24. The lowest BCUT2D eigenvalue weighted by atomic mass is 9.87. The smallest absolute Gasteiger partial charge is 0.325 e. The summed E-state index contributed by atoms with van der Waals surface area (Å²) < 4.78 is 0. The molecule has 1 aliphatic heterocycles. The Balaban J connectivity index is 1.52. The van der Waals surface area contributed by atoms with Crippen LogP contribution in [0.15, 0.2) is 60.2 Å². The first-order chi connectivity index (χ1) is 16.2. The third kappa shape index (κ3) is 6.83. The summed E-state index contributed by atoms with van der Waals surface area (Å²) in [5, 5.41) is 12.4. The van der Waals surface area contributed by atoms with Crippen molar-refractivity contribution in [2.24, 2.45) is 5.92 Å². The quantitative estimate of drug-likeness (QED) is 0.470. The number of carboxylic acid groups (broad SMARTS) is 1. The lowest BCUT2D eigenvalue weighted by molar-refractivity contribution is -0.138. The monoisotopic (exact) mass is 465 g/mol. The number of aliphatic carboxylic acids is 1. The molecule has 1 saturated heterocycles. The molecule has 0 spiro atoms. The fourth-order valence-corrected chi connectivity index (χ4v) is 4.41. The van der Waals surface area contributed by atoms with E-state index in [-0.39, 0.29) is 29.8 Å². The second-order valence-electron chi connectivity index (χ2n) is 10.2. The number of amides is 2. The number of carbonyl (C=O) groups excluding carboxylic acids is 1. The molecule has 184 valence electrons. The second kappa shape index (κ2) is 11.5. The predicted octanol–water partition coefficient (Wildman–Crippen LogP) is 5.13. The van der Waals surface area contributed by atoms with Gasteiger partial charge in [0, 0.05) is 31.7 Å².